The molecule has 1 aromatic heterocycles. The lowest BCUT2D eigenvalue weighted by atomic mass is 10.0. The summed E-state index contributed by atoms with van der Waals surface area (Å²) in [5.41, 5.74) is 3.46. The smallest absolute Gasteiger partial charge is 0.246 e. The summed E-state index contributed by atoms with van der Waals surface area (Å²) >= 11 is 0. The van der Waals surface area contributed by atoms with Gasteiger partial charge in [-0.05, 0) is 30.7 Å². The van der Waals surface area contributed by atoms with Gasteiger partial charge in [0.1, 0.15) is 6.10 Å². The second-order valence-electron chi connectivity index (χ2n) is 6.02. The van der Waals surface area contributed by atoms with Crippen LogP contribution in [0.25, 0.3) is 6.08 Å². The first-order valence-electron chi connectivity index (χ1n) is 8.15. The fourth-order valence-electron chi connectivity index (χ4n) is 2.81. The van der Waals surface area contributed by atoms with Crippen LogP contribution in [0.4, 0.5) is 0 Å². The predicted molar refractivity (Wildman–Crippen MR) is 93.4 cm³/mol. The molecule has 1 saturated heterocycles. The Kier molecular flexibility index (Phi) is 4.96. The van der Waals surface area contributed by atoms with Gasteiger partial charge in [0.15, 0.2) is 0 Å². The number of carbonyl (C=O) groups excluding carboxylic acids is 1. The van der Waals surface area contributed by atoms with Gasteiger partial charge in [0.05, 0.1) is 31.0 Å². The van der Waals surface area contributed by atoms with Gasteiger partial charge in [-0.25, -0.2) is 0 Å². The summed E-state index contributed by atoms with van der Waals surface area (Å²) in [6, 6.07) is 9.46. The number of aryl methyl sites for hydroxylation is 1. The highest BCUT2D eigenvalue weighted by molar-refractivity contribution is 5.92. The highest BCUT2D eigenvalue weighted by Gasteiger charge is 2.24. The van der Waals surface area contributed by atoms with Gasteiger partial charge in [-0.1, -0.05) is 12.1 Å². The lowest BCUT2D eigenvalue weighted by Gasteiger charge is -2.32. The molecule has 1 fully saturated rings. The molecule has 6 heteroatoms. The van der Waals surface area contributed by atoms with Crippen molar-refractivity contribution >= 4 is 12.0 Å². The summed E-state index contributed by atoms with van der Waals surface area (Å²) in [4.78, 5) is 14.3. The van der Waals surface area contributed by atoms with Crippen molar-refractivity contribution in [1.29, 1.82) is 5.26 Å². The van der Waals surface area contributed by atoms with Gasteiger partial charge in [0.2, 0.25) is 5.91 Å². The molecule has 6 nitrogen and oxygen atoms in total. The number of morpholine rings is 1. The van der Waals surface area contributed by atoms with Crippen LogP contribution < -0.4 is 0 Å². The van der Waals surface area contributed by atoms with Crippen LogP contribution in [0.5, 0.6) is 0 Å². The zero-order valence-electron chi connectivity index (χ0n) is 14.3. The molecule has 0 bridgehead atoms. The van der Waals surface area contributed by atoms with Gasteiger partial charge in [0.25, 0.3) is 0 Å². The lowest BCUT2D eigenvalue weighted by molar-refractivity contribution is -0.133. The topological polar surface area (TPSA) is 71.2 Å². The molecule has 25 heavy (non-hydrogen) atoms. The van der Waals surface area contributed by atoms with Gasteiger partial charge in [-0.3, -0.25) is 9.48 Å². The largest absolute Gasteiger partial charge is 0.370 e. The van der Waals surface area contributed by atoms with E-state index in [2.05, 4.69) is 11.2 Å². The Morgan fingerprint density at radius 1 is 1.48 bits per heavy atom. The number of hydrogen-bond acceptors (Lipinski definition) is 4. The quantitative estimate of drug-likeness (QED) is 0.806. The summed E-state index contributed by atoms with van der Waals surface area (Å²) in [6.45, 7) is 3.48. The Morgan fingerprint density at radius 3 is 3.04 bits per heavy atom. The van der Waals surface area contributed by atoms with Gasteiger partial charge >= 0.3 is 0 Å². The van der Waals surface area contributed by atoms with Crippen molar-refractivity contribution < 1.29 is 9.53 Å². The van der Waals surface area contributed by atoms with Crippen molar-refractivity contribution in [3.05, 3.63) is 58.9 Å². The fraction of sp³-hybridized carbons (Fsp3) is 0.316. The van der Waals surface area contributed by atoms with E-state index in [0.717, 1.165) is 16.8 Å². The van der Waals surface area contributed by atoms with Crippen LogP contribution in [0.1, 0.15) is 28.5 Å². The maximum Gasteiger partial charge on any atom is 0.246 e. The van der Waals surface area contributed by atoms with Gasteiger partial charge in [-0.15, -0.1) is 0 Å². The number of rotatable bonds is 3. The van der Waals surface area contributed by atoms with Crippen LogP contribution in [-0.2, 0) is 16.6 Å². The molecule has 1 aliphatic rings. The first-order chi connectivity index (χ1) is 12.1. The van der Waals surface area contributed by atoms with Crippen molar-refractivity contribution in [2.24, 2.45) is 7.05 Å². The van der Waals surface area contributed by atoms with Crippen LogP contribution >= 0.6 is 0 Å². The average Bonchev–Trinajstić information content (AvgIpc) is 2.98. The third-order valence-corrected chi connectivity index (χ3v) is 4.44. The van der Waals surface area contributed by atoms with Crippen LogP contribution in [0, 0.1) is 18.3 Å². The third kappa shape index (κ3) is 3.78. The minimum Gasteiger partial charge on any atom is -0.370 e. The molecule has 2 heterocycles. The highest BCUT2D eigenvalue weighted by atomic mass is 16.5. The zero-order chi connectivity index (χ0) is 17.8. The molecule has 128 valence electrons. The standard InChI is InChI=1S/C19H20N4O2/c1-14-17(12-21-22(14)2)6-7-19(24)23-8-9-25-18(13-23)16-5-3-4-15(10-16)11-20/h3-7,10,12,18H,8-9,13H2,1-2H3/b7-6+. The fourth-order valence-corrected chi connectivity index (χ4v) is 2.81. The van der Waals surface area contributed by atoms with E-state index in [0.29, 0.717) is 25.3 Å². The second kappa shape index (κ2) is 7.32. The molecule has 2 aromatic rings. The SMILES string of the molecule is Cc1c(/C=C/C(=O)N2CCOC(c3cccc(C#N)c3)C2)cnn1C. The summed E-state index contributed by atoms with van der Waals surface area (Å²) in [5.74, 6) is -0.0482. The minimum atomic E-state index is -0.209. The lowest BCUT2D eigenvalue weighted by Crippen LogP contribution is -2.41. The number of benzene rings is 1. The molecule has 0 radical (unpaired) electrons. The van der Waals surface area contributed by atoms with Crippen LogP contribution in [0.15, 0.2) is 36.5 Å². The molecule has 1 atom stereocenters. The molecule has 0 saturated carbocycles. The molecular weight excluding hydrogens is 316 g/mol. The van der Waals surface area contributed by atoms with Crippen LogP contribution in [-0.4, -0.2) is 40.3 Å². The summed E-state index contributed by atoms with van der Waals surface area (Å²) in [5, 5.41) is 13.2. The maximum atomic E-state index is 12.5. The van der Waals surface area contributed by atoms with Crippen molar-refractivity contribution in [3.8, 4) is 6.07 Å². The Morgan fingerprint density at radius 2 is 2.32 bits per heavy atom. The molecule has 1 unspecified atom stereocenters. The molecule has 0 aliphatic carbocycles. The first kappa shape index (κ1) is 16.9. The van der Waals surface area contributed by atoms with Crippen LogP contribution in [0.3, 0.4) is 0 Å². The maximum absolute atomic E-state index is 12.5. The van der Waals surface area contributed by atoms with Crippen molar-refractivity contribution in [3.63, 3.8) is 0 Å². The normalized spacial score (nSPS) is 17.6. The van der Waals surface area contributed by atoms with E-state index in [4.69, 9.17) is 10.00 Å². The van der Waals surface area contributed by atoms with E-state index in [-0.39, 0.29) is 12.0 Å². The molecule has 1 aliphatic heterocycles. The first-order valence-corrected chi connectivity index (χ1v) is 8.15. The molecule has 3 rings (SSSR count). The van der Waals surface area contributed by atoms with E-state index in [9.17, 15) is 4.79 Å². The van der Waals surface area contributed by atoms with E-state index in [1.54, 1.807) is 34.0 Å². The number of nitrogens with zero attached hydrogens (tertiary/aromatic N) is 4. The van der Waals surface area contributed by atoms with Crippen molar-refractivity contribution in [1.82, 2.24) is 14.7 Å². The summed E-state index contributed by atoms with van der Waals surface area (Å²) < 4.78 is 7.56. The number of carbonyl (C=O) groups is 1. The molecule has 1 aromatic carbocycles. The zero-order valence-corrected chi connectivity index (χ0v) is 14.3. The Hall–Kier alpha value is -2.91. The van der Waals surface area contributed by atoms with Gasteiger partial charge in [-0.2, -0.15) is 10.4 Å². The van der Waals surface area contributed by atoms with Gasteiger partial charge in [0, 0.05) is 30.9 Å². The Bertz CT molecular complexity index is 847. The number of nitriles is 1. The molecule has 0 spiro atoms. The number of ether oxygens (including phenoxy) is 1. The van der Waals surface area contributed by atoms with E-state index in [1.807, 2.05) is 32.2 Å². The molecular formula is C19H20N4O2. The predicted octanol–water partition coefficient (Wildman–Crippen LogP) is 2.21. The van der Waals surface area contributed by atoms with E-state index in [1.165, 1.54) is 0 Å². The molecule has 0 N–H and O–H groups in total. The minimum absolute atomic E-state index is 0.0482. The summed E-state index contributed by atoms with van der Waals surface area (Å²) in [7, 11) is 1.87. The van der Waals surface area contributed by atoms with Crippen molar-refractivity contribution in [2.45, 2.75) is 13.0 Å². The number of amides is 1. The monoisotopic (exact) mass is 336 g/mol. The molecule has 1 amide bonds. The van der Waals surface area contributed by atoms with Crippen LogP contribution in [0.2, 0.25) is 0 Å². The van der Waals surface area contributed by atoms with Crippen molar-refractivity contribution in [2.75, 3.05) is 19.7 Å². The van der Waals surface area contributed by atoms with E-state index >= 15 is 0 Å². The van der Waals surface area contributed by atoms with Gasteiger partial charge < -0.3 is 9.64 Å². The third-order valence-electron chi connectivity index (χ3n) is 4.44. The highest BCUT2D eigenvalue weighted by Crippen LogP contribution is 2.23. The second-order valence-corrected chi connectivity index (χ2v) is 6.02. The Balaban J connectivity index is 1.69. The average molecular weight is 336 g/mol. The number of hydrogen-bond donors (Lipinski definition) is 0. The van der Waals surface area contributed by atoms with E-state index < -0.39 is 0 Å². The number of aromatic nitrogens is 2. The summed E-state index contributed by atoms with van der Waals surface area (Å²) in [6.07, 6.45) is 4.91. The Labute approximate surface area is 146 Å².